The molecule has 0 unspecified atom stereocenters. The Labute approximate surface area is 264 Å². The van der Waals surface area contributed by atoms with Crippen molar-refractivity contribution in [3.05, 3.63) is 118 Å². The summed E-state index contributed by atoms with van der Waals surface area (Å²) >= 11 is 12.8. The van der Waals surface area contributed by atoms with Crippen LogP contribution in [0.5, 0.6) is 0 Å². The van der Waals surface area contributed by atoms with Gasteiger partial charge in [0.2, 0.25) is 5.76 Å². The normalized spacial score (nSPS) is 11.5. The van der Waals surface area contributed by atoms with Gasteiger partial charge in [-0.1, -0.05) is 35.3 Å². The number of halogens is 2. The average Bonchev–Trinajstić information content (AvgIpc) is 3.68. The summed E-state index contributed by atoms with van der Waals surface area (Å²) in [6, 6.07) is 20.9. The molecule has 0 N–H and O–H groups in total. The first-order valence-corrected chi connectivity index (χ1v) is 15.9. The zero-order chi connectivity index (χ0) is 31.4. The Balaban J connectivity index is 1.53. The molecule has 0 fully saturated rings. The summed E-state index contributed by atoms with van der Waals surface area (Å²) in [7, 11) is -4.15. The number of amides is 1. The summed E-state index contributed by atoms with van der Waals surface area (Å²) in [6.45, 7) is 3.71. The van der Waals surface area contributed by atoms with E-state index in [0.717, 1.165) is 0 Å². The molecule has 0 aliphatic heterocycles. The quantitative estimate of drug-likeness (QED) is 0.135. The Bertz CT molecular complexity index is 1920. The van der Waals surface area contributed by atoms with Crippen LogP contribution >= 0.6 is 23.2 Å². The Morgan fingerprint density at radius 2 is 1.70 bits per heavy atom. The molecule has 0 bridgehead atoms. The molecule has 0 aliphatic rings. The number of rotatable bonds is 11. The van der Waals surface area contributed by atoms with Gasteiger partial charge in [-0.25, -0.2) is 13.2 Å². The van der Waals surface area contributed by atoms with E-state index in [1.54, 1.807) is 74.5 Å². The molecular formula is C32H28Cl2N2O7S. The van der Waals surface area contributed by atoms with E-state index in [9.17, 15) is 18.0 Å². The van der Waals surface area contributed by atoms with Crippen molar-refractivity contribution < 1.29 is 31.6 Å². The third kappa shape index (κ3) is 6.47. The van der Waals surface area contributed by atoms with Gasteiger partial charge in [-0.2, -0.15) is 0 Å². The highest BCUT2D eigenvalue weighted by Gasteiger charge is 2.29. The first-order chi connectivity index (χ1) is 21.1. The number of nitrogens with zero attached hydrogens (tertiary/aromatic N) is 2. The molecule has 0 saturated carbocycles. The van der Waals surface area contributed by atoms with Crippen molar-refractivity contribution in [2.45, 2.75) is 31.8 Å². The van der Waals surface area contributed by atoms with Gasteiger partial charge in [0.25, 0.3) is 15.9 Å². The number of furan rings is 2. The topological polar surface area (TPSA) is 110 Å². The largest absolute Gasteiger partial charge is 0.467 e. The molecule has 0 radical (unpaired) electrons. The van der Waals surface area contributed by atoms with Crippen molar-refractivity contribution in [2.75, 3.05) is 17.5 Å². The minimum atomic E-state index is -4.15. The smallest absolute Gasteiger partial charge is 0.374 e. The summed E-state index contributed by atoms with van der Waals surface area (Å²) in [5.41, 5.74) is 1.33. The lowest BCUT2D eigenvalue weighted by molar-refractivity contribution is 0.0492. The van der Waals surface area contributed by atoms with Gasteiger partial charge in [0.1, 0.15) is 11.3 Å². The van der Waals surface area contributed by atoms with E-state index in [2.05, 4.69) is 0 Å². The maximum absolute atomic E-state index is 14.1. The molecular weight excluding hydrogens is 627 g/mol. The number of esters is 1. The molecule has 2 aromatic heterocycles. The van der Waals surface area contributed by atoms with Gasteiger partial charge in [0.15, 0.2) is 0 Å². The predicted molar refractivity (Wildman–Crippen MR) is 168 cm³/mol. The van der Waals surface area contributed by atoms with Crippen LogP contribution in [0.3, 0.4) is 0 Å². The number of carbonyl (C=O) groups excluding carboxylic acids is 2. The molecule has 0 saturated heterocycles. The number of hydrogen-bond acceptors (Lipinski definition) is 7. The van der Waals surface area contributed by atoms with Crippen LogP contribution in [0.2, 0.25) is 10.0 Å². The first-order valence-electron chi connectivity index (χ1n) is 13.7. The fourth-order valence-electron chi connectivity index (χ4n) is 4.80. The fraction of sp³-hybridized carbons (Fsp3) is 0.188. The Morgan fingerprint density at radius 3 is 2.41 bits per heavy atom. The molecule has 0 atom stereocenters. The molecule has 12 heteroatoms. The zero-order valence-corrected chi connectivity index (χ0v) is 26.2. The zero-order valence-electron chi connectivity index (χ0n) is 23.8. The molecule has 228 valence electrons. The number of ether oxygens (including phenoxy) is 1. The second-order valence-electron chi connectivity index (χ2n) is 9.69. The number of fused-ring (bicyclic) bond motifs is 1. The molecule has 0 spiro atoms. The minimum absolute atomic E-state index is 0.00715. The predicted octanol–water partition coefficient (Wildman–Crippen LogP) is 7.57. The molecule has 3 aromatic carbocycles. The van der Waals surface area contributed by atoms with Gasteiger partial charge in [-0.15, -0.1) is 0 Å². The monoisotopic (exact) mass is 654 g/mol. The summed E-state index contributed by atoms with van der Waals surface area (Å²) in [6.07, 6.45) is 1.51. The average molecular weight is 656 g/mol. The summed E-state index contributed by atoms with van der Waals surface area (Å²) < 4.78 is 45.5. The van der Waals surface area contributed by atoms with E-state index in [1.807, 2.05) is 0 Å². The fourth-order valence-corrected chi connectivity index (χ4v) is 6.74. The van der Waals surface area contributed by atoms with Crippen molar-refractivity contribution in [3.63, 3.8) is 0 Å². The van der Waals surface area contributed by atoms with E-state index in [-0.39, 0.29) is 53.4 Å². The highest BCUT2D eigenvalue weighted by atomic mass is 35.5. The van der Waals surface area contributed by atoms with Gasteiger partial charge in [0.05, 0.1) is 40.6 Å². The van der Waals surface area contributed by atoms with E-state index in [0.29, 0.717) is 33.0 Å². The van der Waals surface area contributed by atoms with Crippen LogP contribution in [-0.2, 0) is 27.8 Å². The van der Waals surface area contributed by atoms with E-state index in [1.165, 1.54) is 33.7 Å². The van der Waals surface area contributed by atoms with Crippen molar-refractivity contribution >= 4 is 61.8 Å². The van der Waals surface area contributed by atoms with Crippen LogP contribution in [0.4, 0.5) is 5.69 Å². The van der Waals surface area contributed by atoms with Crippen molar-refractivity contribution in [1.82, 2.24) is 4.90 Å². The molecule has 44 heavy (non-hydrogen) atoms. The van der Waals surface area contributed by atoms with Crippen LogP contribution in [0.15, 0.2) is 98.9 Å². The van der Waals surface area contributed by atoms with Crippen LogP contribution in [0.25, 0.3) is 11.0 Å². The van der Waals surface area contributed by atoms with Crippen LogP contribution < -0.4 is 4.31 Å². The van der Waals surface area contributed by atoms with Gasteiger partial charge < -0.3 is 18.5 Å². The van der Waals surface area contributed by atoms with Gasteiger partial charge in [0, 0.05) is 29.6 Å². The molecule has 1 amide bonds. The summed E-state index contributed by atoms with van der Waals surface area (Å²) in [5.74, 6) is -0.504. The SMILES string of the molecule is CCOC(=O)c1cc2ccc(S(=O)(=O)N(CC)c3ccc(Cl)cc3CN(Cc3ccco3)C(=O)c3ccccc3Cl)cc2o1. The summed E-state index contributed by atoms with van der Waals surface area (Å²) in [4.78, 5) is 27.4. The van der Waals surface area contributed by atoms with E-state index < -0.39 is 16.0 Å². The Kier molecular flexibility index (Phi) is 9.33. The van der Waals surface area contributed by atoms with E-state index >= 15 is 0 Å². The highest BCUT2D eigenvalue weighted by molar-refractivity contribution is 7.92. The number of benzene rings is 3. The lowest BCUT2D eigenvalue weighted by Gasteiger charge is -2.28. The third-order valence-corrected chi connectivity index (χ3v) is 9.28. The lowest BCUT2D eigenvalue weighted by atomic mass is 10.1. The van der Waals surface area contributed by atoms with Crippen LogP contribution in [0.1, 0.15) is 46.1 Å². The molecule has 2 heterocycles. The molecule has 0 aliphatic carbocycles. The standard InChI is InChI=1S/C32H28Cl2N2O7S/c1-3-36(44(39,40)25-13-11-21-17-30(32(38)41-4-2)43-29(21)18-25)28-14-12-23(33)16-22(28)19-35(20-24-8-7-15-42-24)31(37)26-9-5-6-10-27(26)34/h5-18H,3-4,19-20H2,1-2H3. The van der Waals surface area contributed by atoms with Crippen molar-refractivity contribution in [1.29, 1.82) is 0 Å². The number of sulfonamides is 1. The van der Waals surface area contributed by atoms with Crippen molar-refractivity contribution in [3.8, 4) is 0 Å². The van der Waals surface area contributed by atoms with Gasteiger partial charge >= 0.3 is 5.97 Å². The second-order valence-corrected chi connectivity index (χ2v) is 12.4. The Hall–Kier alpha value is -4.25. The van der Waals surface area contributed by atoms with Crippen molar-refractivity contribution in [2.24, 2.45) is 0 Å². The van der Waals surface area contributed by atoms with Crippen LogP contribution in [-0.4, -0.2) is 38.3 Å². The summed E-state index contributed by atoms with van der Waals surface area (Å²) in [5, 5.41) is 1.20. The number of hydrogen-bond donors (Lipinski definition) is 0. The second kappa shape index (κ2) is 13.2. The van der Waals surface area contributed by atoms with Gasteiger partial charge in [-0.3, -0.25) is 9.10 Å². The first kappa shape index (κ1) is 31.2. The van der Waals surface area contributed by atoms with Crippen LogP contribution in [0, 0.1) is 0 Å². The maximum atomic E-state index is 14.1. The number of carbonyl (C=O) groups is 2. The molecule has 5 aromatic rings. The van der Waals surface area contributed by atoms with E-state index in [4.69, 9.17) is 36.8 Å². The highest BCUT2D eigenvalue weighted by Crippen LogP contribution is 2.33. The third-order valence-electron chi connectivity index (χ3n) is 6.83. The number of anilines is 1. The maximum Gasteiger partial charge on any atom is 0.374 e. The molecule has 9 nitrogen and oxygen atoms in total. The minimum Gasteiger partial charge on any atom is -0.467 e. The van der Waals surface area contributed by atoms with Gasteiger partial charge in [-0.05, 0) is 80.1 Å². The Morgan fingerprint density at radius 1 is 0.909 bits per heavy atom. The molecule has 5 rings (SSSR count). The lowest BCUT2D eigenvalue weighted by Crippen LogP contribution is -2.34.